The number of ketones is 1. The number of nitrogens with zero attached hydrogens (tertiary/aromatic N) is 1. The Bertz CT molecular complexity index is 1380. The first-order valence-corrected chi connectivity index (χ1v) is 10.9. The van der Waals surface area contributed by atoms with Crippen LogP contribution in [-0.2, 0) is 28.0 Å². The zero-order chi connectivity index (χ0) is 23.7. The number of Topliss-reactive ketones (excluding diaryl/α,β-unsaturated/α-hetero) is 1. The van der Waals surface area contributed by atoms with Crippen molar-refractivity contribution in [1.29, 1.82) is 0 Å². The summed E-state index contributed by atoms with van der Waals surface area (Å²) < 4.78 is 40.9. The molecule has 0 unspecified atom stereocenters. The van der Waals surface area contributed by atoms with Crippen molar-refractivity contribution in [2.45, 2.75) is 44.5 Å². The van der Waals surface area contributed by atoms with Gasteiger partial charge in [-0.2, -0.15) is 0 Å². The topological polar surface area (TPSA) is 74.7 Å². The van der Waals surface area contributed by atoms with Crippen LogP contribution < -0.4 is 9.47 Å². The molecule has 1 saturated carbocycles. The van der Waals surface area contributed by atoms with E-state index in [4.69, 9.17) is 9.72 Å². The number of benzene rings is 2. The Hall–Kier alpha value is -3.81. The standard InChI is InChI=1S/C26H19F2NO5/c1-14-2-6-18(29-23(14)15-3-4-16-13-32-24(31)19(16)10-15)12-22(30)25(8-9-25)17-5-7-20-21(11-17)34-26(27,28)33-20/h2-7,10-11H,8-9,12-13H2,1H3. The van der Waals surface area contributed by atoms with E-state index in [1.807, 2.05) is 31.2 Å². The van der Waals surface area contributed by atoms with Crippen molar-refractivity contribution in [2.24, 2.45) is 0 Å². The molecule has 34 heavy (non-hydrogen) atoms. The summed E-state index contributed by atoms with van der Waals surface area (Å²) in [5, 5.41) is 0. The molecule has 1 fully saturated rings. The van der Waals surface area contributed by atoms with Crippen molar-refractivity contribution < 1.29 is 32.6 Å². The molecule has 0 saturated heterocycles. The lowest BCUT2D eigenvalue weighted by Gasteiger charge is -2.16. The van der Waals surface area contributed by atoms with Crippen molar-refractivity contribution in [3.63, 3.8) is 0 Å². The van der Waals surface area contributed by atoms with E-state index in [2.05, 4.69) is 9.47 Å². The minimum atomic E-state index is -3.70. The van der Waals surface area contributed by atoms with Gasteiger partial charge in [-0.05, 0) is 55.2 Å². The number of halogens is 2. The van der Waals surface area contributed by atoms with E-state index in [9.17, 15) is 18.4 Å². The first-order valence-electron chi connectivity index (χ1n) is 10.9. The molecule has 0 amide bonds. The van der Waals surface area contributed by atoms with E-state index in [0.29, 0.717) is 35.4 Å². The van der Waals surface area contributed by atoms with Crippen LogP contribution in [0.2, 0.25) is 0 Å². The Morgan fingerprint density at radius 2 is 1.82 bits per heavy atom. The van der Waals surface area contributed by atoms with Crippen LogP contribution in [0.25, 0.3) is 11.3 Å². The predicted octanol–water partition coefficient (Wildman–Crippen LogP) is 4.89. The van der Waals surface area contributed by atoms with Gasteiger partial charge in [0.2, 0.25) is 0 Å². The highest BCUT2D eigenvalue weighted by molar-refractivity contribution is 5.95. The molecule has 2 aromatic carbocycles. The maximum Gasteiger partial charge on any atom is 0.586 e. The van der Waals surface area contributed by atoms with Crippen LogP contribution in [-0.4, -0.2) is 23.0 Å². The summed E-state index contributed by atoms with van der Waals surface area (Å²) >= 11 is 0. The maximum atomic E-state index is 13.4. The molecule has 3 heterocycles. The second kappa shape index (κ2) is 7.09. The van der Waals surface area contributed by atoms with Gasteiger partial charge in [-0.25, -0.2) is 4.79 Å². The normalized spacial score (nSPS) is 18.4. The van der Waals surface area contributed by atoms with Crippen LogP contribution in [0.4, 0.5) is 8.78 Å². The van der Waals surface area contributed by atoms with Crippen LogP contribution in [0.15, 0.2) is 48.5 Å². The molecule has 172 valence electrons. The van der Waals surface area contributed by atoms with Crippen molar-refractivity contribution in [2.75, 3.05) is 0 Å². The third-order valence-corrected chi connectivity index (χ3v) is 6.70. The Balaban J connectivity index is 1.27. The van der Waals surface area contributed by atoms with Gasteiger partial charge in [0.1, 0.15) is 12.4 Å². The molecule has 0 bridgehead atoms. The van der Waals surface area contributed by atoms with Gasteiger partial charge in [0.15, 0.2) is 11.5 Å². The molecule has 0 N–H and O–H groups in total. The molecular weight excluding hydrogens is 444 g/mol. The van der Waals surface area contributed by atoms with Gasteiger partial charge in [0.25, 0.3) is 0 Å². The van der Waals surface area contributed by atoms with Crippen molar-refractivity contribution in [1.82, 2.24) is 4.98 Å². The third-order valence-electron chi connectivity index (χ3n) is 6.70. The number of hydrogen-bond acceptors (Lipinski definition) is 6. The summed E-state index contributed by atoms with van der Waals surface area (Å²) in [6.45, 7) is 2.19. The van der Waals surface area contributed by atoms with Crippen LogP contribution in [0.3, 0.4) is 0 Å². The summed E-state index contributed by atoms with van der Waals surface area (Å²) in [4.78, 5) is 30.0. The molecule has 8 heteroatoms. The monoisotopic (exact) mass is 463 g/mol. The molecule has 2 aliphatic heterocycles. The lowest BCUT2D eigenvalue weighted by molar-refractivity contribution is -0.286. The predicted molar refractivity (Wildman–Crippen MR) is 116 cm³/mol. The molecule has 3 aliphatic rings. The molecule has 6 rings (SSSR count). The number of cyclic esters (lactones) is 1. The third kappa shape index (κ3) is 3.32. The number of carbonyl (C=O) groups excluding carboxylic acids is 2. The van der Waals surface area contributed by atoms with E-state index in [0.717, 1.165) is 16.7 Å². The average Bonchev–Trinajstić information content (AvgIpc) is 3.45. The van der Waals surface area contributed by atoms with Crippen molar-refractivity contribution in [3.05, 3.63) is 76.5 Å². The number of pyridine rings is 1. The smallest absolute Gasteiger partial charge is 0.457 e. The molecule has 1 aliphatic carbocycles. The second-order valence-electron chi connectivity index (χ2n) is 8.93. The summed E-state index contributed by atoms with van der Waals surface area (Å²) in [5.41, 5.74) is 4.28. The number of esters is 1. The van der Waals surface area contributed by atoms with Crippen LogP contribution in [0.1, 0.15) is 45.6 Å². The van der Waals surface area contributed by atoms with E-state index >= 15 is 0 Å². The van der Waals surface area contributed by atoms with Gasteiger partial charge in [0.05, 0.1) is 16.7 Å². The van der Waals surface area contributed by atoms with E-state index in [1.54, 1.807) is 12.1 Å². The van der Waals surface area contributed by atoms with Gasteiger partial charge >= 0.3 is 12.3 Å². The van der Waals surface area contributed by atoms with Gasteiger partial charge in [-0.1, -0.05) is 24.3 Å². The van der Waals surface area contributed by atoms with E-state index in [-0.39, 0.29) is 36.3 Å². The van der Waals surface area contributed by atoms with Crippen LogP contribution >= 0.6 is 0 Å². The lowest BCUT2D eigenvalue weighted by Crippen LogP contribution is -2.26. The summed E-state index contributed by atoms with van der Waals surface area (Å²) in [5.74, 6) is -0.483. The fourth-order valence-corrected chi connectivity index (χ4v) is 4.65. The second-order valence-corrected chi connectivity index (χ2v) is 8.93. The molecule has 3 aromatic rings. The fraction of sp³-hybridized carbons (Fsp3) is 0.269. The van der Waals surface area contributed by atoms with Crippen LogP contribution in [0.5, 0.6) is 11.5 Å². The quantitative estimate of drug-likeness (QED) is 0.502. The Labute approximate surface area is 193 Å². The molecule has 1 aromatic heterocycles. The Kier molecular flexibility index (Phi) is 4.33. The number of carbonyl (C=O) groups is 2. The summed E-state index contributed by atoms with van der Waals surface area (Å²) in [6.07, 6.45) is -2.33. The van der Waals surface area contributed by atoms with E-state index in [1.165, 1.54) is 12.1 Å². The summed E-state index contributed by atoms with van der Waals surface area (Å²) in [7, 11) is 0. The minimum Gasteiger partial charge on any atom is -0.457 e. The van der Waals surface area contributed by atoms with Crippen molar-refractivity contribution >= 4 is 11.8 Å². The number of aryl methyl sites for hydroxylation is 1. The Morgan fingerprint density at radius 1 is 1.03 bits per heavy atom. The SMILES string of the molecule is Cc1ccc(CC(=O)C2(c3ccc4c(c3)OC(F)(F)O4)CC2)nc1-c1ccc2c(c1)C(=O)OC2. The molecule has 6 nitrogen and oxygen atoms in total. The molecule has 0 atom stereocenters. The molecule has 0 radical (unpaired) electrons. The summed E-state index contributed by atoms with van der Waals surface area (Å²) in [6, 6.07) is 13.8. The first-order chi connectivity index (χ1) is 16.2. The van der Waals surface area contributed by atoms with E-state index < -0.39 is 11.7 Å². The number of fused-ring (bicyclic) bond motifs is 2. The zero-order valence-corrected chi connectivity index (χ0v) is 18.2. The van der Waals surface area contributed by atoms with Gasteiger partial charge in [-0.3, -0.25) is 9.78 Å². The maximum absolute atomic E-state index is 13.4. The van der Waals surface area contributed by atoms with Gasteiger partial charge in [0, 0.05) is 23.2 Å². The van der Waals surface area contributed by atoms with Crippen LogP contribution in [0, 0.1) is 6.92 Å². The molecule has 0 spiro atoms. The number of ether oxygens (including phenoxy) is 3. The number of hydrogen-bond donors (Lipinski definition) is 0. The van der Waals surface area contributed by atoms with Gasteiger partial charge < -0.3 is 14.2 Å². The highest BCUT2D eigenvalue weighted by Gasteiger charge is 2.52. The number of alkyl halides is 2. The average molecular weight is 463 g/mol. The fourth-order valence-electron chi connectivity index (χ4n) is 4.65. The minimum absolute atomic E-state index is 0.0297. The van der Waals surface area contributed by atoms with Crippen molar-refractivity contribution in [3.8, 4) is 22.8 Å². The first kappa shape index (κ1) is 20.8. The largest absolute Gasteiger partial charge is 0.586 e. The molecular formula is C26H19F2NO5. The zero-order valence-electron chi connectivity index (χ0n) is 18.2. The number of rotatable bonds is 5. The number of aromatic nitrogens is 1. The highest BCUT2D eigenvalue weighted by Crippen LogP contribution is 2.52. The van der Waals surface area contributed by atoms with Gasteiger partial charge in [-0.15, -0.1) is 8.78 Å². The Morgan fingerprint density at radius 3 is 2.62 bits per heavy atom. The lowest BCUT2D eigenvalue weighted by atomic mass is 9.88. The highest BCUT2D eigenvalue weighted by atomic mass is 19.3.